The van der Waals surface area contributed by atoms with Crippen molar-refractivity contribution >= 4 is 28.2 Å². The minimum Gasteiger partial charge on any atom is -0.303 e. The smallest absolute Gasteiger partial charge is 0.136 e. The molecule has 11 heavy (non-hydrogen) atoms. The first-order valence-corrected chi connectivity index (χ1v) is 4.91. The highest BCUT2D eigenvalue weighted by molar-refractivity contribution is 14.1. The first-order valence-electron chi connectivity index (χ1n) is 3.39. The molecule has 0 aliphatic carbocycles. The topological polar surface area (TPSA) is 17.3 Å². The Kier molecular flexibility index (Phi) is 1.81. The van der Waals surface area contributed by atoms with Crippen LogP contribution in [-0.2, 0) is 4.43 Å². The molecule has 3 heteroatoms. The molecule has 0 aliphatic heterocycles. The molecular formula is C8H7IN2. The fourth-order valence-corrected chi connectivity index (χ4v) is 1.65. The molecule has 0 spiro atoms. The summed E-state index contributed by atoms with van der Waals surface area (Å²) in [5, 5.41) is 0. The number of halogens is 1. The molecule has 0 unspecified atom stereocenters. The van der Waals surface area contributed by atoms with Crippen LogP contribution >= 0.6 is 22.6 Å². The van der Waals surface area contributed by atoms with Gasteiger partial charge in [-0.25, -0.2) is 4.98 Å². The SMILES string of the molecule is ICc1cnc2ccccn12. The van der Waals surface area contributed by atoms with Crippen LogP contribution < -0.4 is 0 Å². The standard InChI is InChI=1S/C8H7IN2/c9-5-7-6-10-8-3-1-2-4-11(7)8/h1-4,6H,5H2. The van der Waals surface area contributed by atoms with E-state index in [1.165, 1.54) is 5.69 Å². The van der Waals surface area contributed by atoms with Gasteiger partial charge >= 0.3 is 0 Å². The van der Waals surface area contributed by atoms with Crippen LogP contribution in [0.1, 0.15) is 5.69 Å². The van der Waals surface area contributed by atoms with Gasteiger partial charge in [-0.15, -0.1) is 0 Å². The molecule has 2 aromatic heterocycles. The number of hydrogen-bond acceptors (Lipinski definition) is 1. The third kappa shape index (κ3) is 1.13. The number of imidazole rings is 1. The van der Waals surface area contributed by atoms with E-state index in [1.54, 1.807) is 0 Å². The number of rotatable bonds is 1. The number of pyridine rings is 1. The molecule has 0 amide bonds. The van der Waals surface area contributed by atoms with Crippen molar-refractivity contribution in [2.75, 3.05) is 0 Å². The molecule has 0 atom stereocenters. The van der Waals surface area contributed by atoms with Crippen molar-refractivity contribution in [3.05, 3.63) is 36.3 Å². The lowest BCUT2D eigenvalue weighted by molar-refractivity contribution is 1.10. The van der Waals surface area contributed by atoms with E-state index < -0.39 is 0 Å². The van der Waals surface area contributed by atoms with Gasteiger partial charge in [0.05, 0.1) is 5.69 Å². The quantitative estimate of drug-likeness (QED) is 0.566. The van der Waals surface area contributed by atoms with Crippen LogP contribution in [0.2, 0.25) is 0 Å². The van der Waals surface area contributed by atoms with Gasteiger partial charge in [-0.3, -0.25) is 0 Å². The molecule has 0 aliphatic rings. The first kappa shape index (κ1) is 7.09. The monoisotopic (exact) mass is 258 g/mol. The molecule has 2 rings (SSSR count). The Morgan fingerprint density at radius 3 is 3.18 bits per heavy atom. The summed E-state index contributed by atoms with van der Waals surface area (Å²) in [6, 6.07) is 6.03. The van der Waals surface area contributed by atoms with Gasteiger partial charge in [-0.2, -0.15) is 0 Å². The third-order valence-corrected chi connectivity index (χ3v) is 2.41. The van der Waals surface area contributed by atoms with E-state index in [-0.39, 0.29) is 0 Å². The average molecular weight is 258 g/mol. The highest BCUT2D eigenvalue weighted by atomic mass is 127. The average Bonchev–Trinajstić information content (AvgIpc) is 2.47. The molecule has 0 radical (unpaired) electrons. The minimum atomic E-state index is 1.00. The van der Waals surface area contributed by atoms with E-state index in [0.717, 1.165) is 10.1 Å². The van der Waals surface area contributed by atoms with Gasteiger partial charge in [0.1, 0.15) is 5.65 Å². The van der Waals surface area contributed by atoms with Crippen LogP contribution in [-0.4, -0.2) is 9.38 Å². The molecule has 0 saturated heterocycles. The highest BCUT2D eigenvalue weighted by Gasteiger charge is 1.97. The molecule has 2 heterocycles. The Balaban J connectivity index is 2.76. The summed E-state index contributed by atoms with van der Waals surface area (Å²) in [6.45, 7) is 0. The van der Waals surface area contributed by atoms with E-state index in [1.807, 2.05) is 30.6 Å². The van der Waals surface area contributed by atoms with E-state index in [9.17, 15) is 0 Å². The Labute approximate surface area is 78.4 Å². The van der Waals surface area contributed by atoms with Crippen molar-refractivity contribution in [3.63, 3.8) is 0 Å². The molecule has 56 valence electrons. The Hall–Kier alpha value is -0.580. The first-order chi connectivity index (χ1) is 5.42. The maximum absolute atomic E-state index is 4.25. The zero-order chi connectivity index (χ0) is 7.68. The number of alkyl halides is 1. The summed E-state index contributed by atoms with van der Waals surface area (Å²) >= 11 is 2.34. The lowest BCUT2D eigenvalue weighted by Crippen LogP contribution is -1.86. The summed E-state index contributed by atoms with van der Waals surface area (Å²) in [6.07, 6.45) is 3.96. The van der Waals surface area contributed by atoms with Crippen LogP contribution in [0, 0.1) is 0 Å². The minimum absolute atomic E-state index is 1.00. The maximum atomic E-state index is 4.25. The maximum Gasteiger partial charge on any atom is 0.136 e. The summed E-state index contributed by atoms with van der Waals surface area (Å²) in [5.74, 6) is 0. The fourth-order valence-electron chi connectivity index (χ4n) is 1.08. The summed E-state index contributed by atoms with van der Waals surface area (Å²) in [7, 11) is 0. The van der Waals surface area contributed by atoms with Gasteiger partial charge < -0.3 is 4.40 Å². The lowest BCUT2D eigenvalue weighted by atomic mass is 10.4. The second-order valence-corrected chi connectivity index (χ2v) is 3.07. The highest BCUT2D eigenvalue weighted by Crippen LogP contribution is 2.08. The van der Waals surface area contributed by atoms with Crippen LogP contribution in [0.25, 0.3) is 5.65 Å². The zero-order valence-electron chi connectivity index (χ0n) is 5.87. The molecule has 2 nitrogen and oxygen atoms in total. The van der Waals surface area contributed by atoms with Gasteiger partial charge in [0, 0.05) is 16.8 Å². The van der Waals surface area contributed by atoms with Crippen molar-refractivity contribution in [2.24, 2.45) is 0 Å². The van der Waals surface area contributed by atoms with Crippen LogP contribution in [0.5, 0.6) is 0 Å². The Morgan fingerprint density at radius 1 is 1.45 bits per heavy atom. The Bertz CT molecular complexity index is 367. The normalized spacial score (nSPS) is 10.6. The summed E-state index contributed by atoms with van der Waals surface area (Å²) in [4.78, 5) is 4.25. The second-order valence-electron chi connectivity index (χ2n) is 2.31. The van der Waals surface area contributed by atoms with Crippen LogP contribution in [0.15, 0.2) is 30.6 Å². The van der Waals surface area contributed by atoms with Gasteiger partial charge in [0.25, 0.3) is 0 Å². The molecule has 0 saturated carbocycles. The molecule has 0 bridgehead atoms. The molecule has 0 N–H and O–H groups in total. The van der Waals surface area contributed by atoms with E-state index >= 15 is 0 Å². The van der Waals surface area contributed by atoms with E-state index in [4.69, 9.17) is 0 Å². The van der Waals surface area contributed by atoms with Crippen LogP contribution in [0.3, 0.4) is 0 Å². The Morgan fingerprint density at radius 2 is 2.36 bits per heavy atom. The van der Waals surface area contributed by atoms with E-state index in [0.29, 0.717) is 0 Å². The molecular weight excluding hydrogens is 251 g/mol. The largest absolute Gasteiger partial charge is 0.303 e. The van der Waals surface area contributed by atoms with Gasteiger partial charge in [-0.1, -0.05) is 28.7 Å². The molecule has 2 aromatic rings. The molecule has 0 fully saturated rings. The number of nitrogens with zero attached hydrogens (tertiary/aromatic N) is 2. The lowest BCUT2D eigenvalue weighted by Gasteiger charge is -1.94. The second kappa shape index (κ2) is 2.81. The predicted molar refractivity (Wildman–Crippen MR) is 52.9 cm³/mol. The zero-order valence-corrected chi connectivity index (χ0v) is 8.02. The number of fused-ring (bicyclic) bond motifs is 1. The molecule has 0 aromatic carbocycles. The van der Waals surface area contributed by atoms with Crippen molar-refractivity contribution in [1.29, 1.82) is 0 Å². The van der Waals surface area contributed by atoms with Gasteiger partial charge in [0.15, 0.2) is 0 Å². The van der Waals surface area contributed by atoms with Crippen molar-refractivity contribution in [2.45, 2.75) is 4.43 Å². The number of aromatic nitrogens is 2. The van der Waals surface area contributed by atoms with Crippen molar-refractivity contribution < 1.29 is 0 Å². The van der Waals surface area contributed by atoms with Crippen LogP contribution in [0.4, 0.5) is 0 Å². The van der Waals surface area contributed by atoms with Gasteiger partial charge in [-0.05, 0) is 12.1 Å². The fraction of sp³-hybridized carbons (Fsp3) is 0.125. The summed E-state index contributed by atoms with van der Waals surface area (Å²) < 4.78 is 3.11. The van der Waals surface area contributed by atoms with Crippen molar-refractivity contribution in [3.8, 4) is 0 Å². The summed E-state index contributed by atoms with van der Waals surface area (Å²) in [5.41, 5.74) is 2.28. The predicted octanol–water partition coefficient (Wildman–Crippen LogP) is 2.27. The van der Waals surface area contributed by atoms with Crippen molar-refractivity contribution in [1.82, 2.24) is 9.38 Å². The third-order valence-electron chi connectivity index (χ3n) is 1.63. The number of hydrogen-bond donors (Lipinski definition) is 0. The van der Waals surface area contributed by atoms with Gasteiger partial charge in [0.2, 0.25) is 0 Å². The van der Waals surface area contributed by atoms with E-state index in [2.05, 4.69) is 32.0 Å².